The molecule has 0 aliphatic carbocycles. The molecule has 0 spiro atoms. The highest BCUT2D eigenvalue weighted by Crippen LogP contribution is 2.25. The van der Waals surface area contributed by atoms with Gasteiger partial charge < -0.3 is 14.4 Å². The number of aromatic nitrogens is 3. The smallest absolute Gasteiger partial charge is 0.164 e. The molecule has 0 saturated carbocycles. The van der Waals surface area contributed by atoms with Crippen LogP contribution in [0.3, 0.4) is 0 Å². The lowest BCUT2D eigenvalue weighted by atomic mass is 9.87. The van der Waals surface area contributed by atoms with E-state index in [9.17, 15) is 5.11 Å². The second kappa shape index (κ2) is 6.37. The van der Waals surface area contributed by atoms with E-state index in [0.29, 0.717) is 19.0 Å². The van der Waals surface area contributed by atoms with Gasteiger partial charge in [0.1, 0.15) is 6.61 Å². The van der Waals surface area contributed by atoms with Gasteiger partial charge in [-0.1, -0.05) is 45.0 Å². The largest absolute Gasteiger partial charge is 0.388 e. The number of hydrogen-bond acceptors (Lipinski definition) is 4. The molecule has 1 aromatic carbocycles. The second-order valence-corrected chi connectivity index (χ2v) is 6.07. The minimum atomic E-state index is -0.128. The Morgan fingerprint density at radius 3 is 2.33 bits per heavy atom. The highest BCUT2D eigenvalue weighted by molar-refractivity contribution is 5.56. The van der Waals surface area contributed by atoms with E-state index in [-0.39, 0.29) is 12.0 Å². The van der Waals surface area contributed by atoms with Gasteiger partial charge in [-0.25, -0.2) is 0 Å². The molecular formula is C16H23N3O2. The fraction of sp³-hybridized carbons (Fsp3) is 0.500. The van der Waals surface area contributed by atoms with Gasteiger partial charge in [-0.15, -0.1) is 10.2 Å². The zero-order valence-corrected chi connectivity index (χ0v) is 13.1. The molecule has 5 heteroatoms. The first kappa shape index (κ1) is 15.7. The molecule has 0 unspecified atom stereocenters. The summed E-state index contributed by atoms with van der Waals surface area (Å²) in [6.45, 7) is 7.61. The van der Waals surface area contributed by atoms with Gasteiger partial charge in [0.2, 0.25) is 0 Å². The summed E-state index contributed by atoms with van der Waals surface area (Å²) < 4.78 is 7.01. The number of aliphatic hydroxyl groups is 1. The van der Waals surface area contributed by atoms with Crippen LogP contribution in [-0.2, 0) is 23.3 Å². The minimum absolute atomic E-state index is 0.124. The molecule has 0 atom stereocenters. The predicted molar refractivity (Wildman–Crippen MR) is 82.0 cm³/mol. The molecule has 0 saturated heterocycles. The number of methoxy groups -OCH3 is 1. The summed E-state index contributed by atoms with van der Waals surface area (Å²) in [5.74, 6) is 1.32. The van der Waals surface area contributed by atoms with Crippen molar-refractivity contribution < 1.29 is 9.84 Å². The summed E-state index contributed by atoms with van der Waals surface area (Å²) in [5, 5.41) is 17.6. The standard InChI is InChI=1S/C16H23N3O2/c1-16(2,3)13-7-5-12(6-8-13)15-18-17-14(11-20)19(15)9-10-21-4/h5-8,20H,9-11H2,1-4H3. The van der Waals surface area contributed by atoms with Crippen LogP contribution in [0.25, 0.3) is 11.4 Å². The fourth-order valence-electron chi connectivity index (χ4n) is 2.20. The molecule has 0 amide bonds. The molecule has 0 fully saturated rings. The zero-order valence-electron chi connectivity index (χ0n) is 13.1. The van der Waals surface area contributed by atoms with Crippen molar-refractivity contribution in [3.05, 3.63) is 35.7 Å². The molecule has 1 N–H and O–H groups in total. The molecule has 1 heterocycles. The van der Waals surface area contributed by atoms with Crippen molar-refractivity contribution in [2.24, 2.45) is 0 Å². The third-order valence-electron chi connectivity index (χ3n) is 3.50. The lowest BCUT2D eigenvalue weighted by molar-refractivity contribution is 0.183. The first-order valence-electron chi connectivity index (χ1n) is 7.10. The van der Waals surface area contributed by atoms with Crippen LogP contribution in [0.2, 0.25) is 0 Å². The van der Waals surface area contributed by atoms with Crippen LogP contribution in [0.15, 0.2) is 24.3 Å². The average molecular weight is 289 g/mol. The topological polar surface area (TPSA) is 60.2 Å². The van der Waals surface area contributed by atoms with Gasteiger partial charge in [-0.05, 0) is 11.0 Å². The summed E-state index contributed by atoms with van der Waals surface area (Å²) in [6, 6.07) is 8.33. The average Bonchev–Trinajstić information content (AvgIpc) is 2.87. The third kappa shape index (κ3) is 3.49. The number of nitrogens with zero attached hydrogens (tertiary/aromatic N) is 3. The van der Waals surface area contributed by atoms with Crippen LogP contribution < -0.4 is 0 Å². The molecule has 21 heavy (non-hydrogen) atoms. The molecule has 0 bridgehead atoms. The molecule has 2 rings (SSSR count). The lowest BCUT2D eigenvalue weighted by Crippen LogP contribution is -2.11. The second-order valence-electron chi connectivity index (χ2n) is 6.07. The maximum atomic E-state index is 9.36. The van der Waals surface area contributed by atoms with Crippen molar-refractivity contribution >= 4 is 0 Å². The van der Waals surface area contributed by atoms with Crippen LogP contribution in [0.1, 0.15) is 32.2 Å². The van der Waals surface area contributed by atoms with Gasteiger partial charge in [-0.3, -0.25) is 0 Å². The van der Waals surface area contributed by atoms with Gasteiger partial charge in [0.25, 0.3) is 0 Å². The van der Waals surface area contributed by atoms with E-state index in [0.717, 1.165) is 11.4 Å². The van der Waals surface area contributed by atoms with E-state index < -0.39 is 0 Å². The number of benzene rings is 1. The zero-order chi connectivity index (χ0) is 15.5. The van der Waals surface area contributed by atoms with Gasteiger partial charge >= 0.3 is 0 Å². The van der Waals surface area contributed by atoms with E-state index >= 15 is 0 Å². The summed E-state index contributed by atoms with van der Waals surface area (Å²) in [6.07, 6.45) is 0. The Balaban J connectivity index is 2.35. The maximum absolute atomic E-state index is 9.36. The Bertz CT molecular complexity index is 583. The number of hydrogen-bond donors (Lipinski definition) is 1. The van der Waals surface area contributed by atoms with E-state index in [1.807, 2.05) is 4.57 Å². The SMILES string of the molecule is COCCn1c(CO)nnc1-c1ccc(C(C)(C)C)cc1. The van der Waals surface area contributed by atoms with Crippen LogP contribution in [0.5, 0.6) is 0 Å². The predicted octanol–water partition coefficient (Wildman–Crippen LogP) is 2.38. The quantitative estimate of drug-likeness (QED) is 0.918. The van der Waals surface area contributed by atoms with Crippen LogP contribution in [-0.4, -0.2) is 33.6 Å². The van der Waals surface area contributed by atoms with E-state index in [1.54, 1.807) is 7.11 Å². The Morgan fingerprint density at radius 2 is 1.81 bits per heavy atom. The Kier molecular flexibility index (Phi) is 4.75. The van der Waals surface area contributed by atoms with Crippen molar-refractivity contribution in [2.75, 3.05) is 13.7 Å². The van der Waals surface area contributed by atoms with Crippen molar-refractivity contribution in [3.63, 3.8) is 0 Å². The molecule has 0 aliphatic rings. The van der Waals surface area contributed by atoms with Crippen molar-refractivity contribution in [1.29, 1.82) is 0 Å². The summed E-state index contributed by atoms with van der Waals surface area (Å²) in [7, 11) is 1.65. The van der Waals surface area contributed by atoms with Crippen molar-refractivity contribution in [1.82, 2.24) is 14.8 Å². The number of aliphatic hydroxyl groups excluding tert-OH is 1. The monoisotopic (exact) mass is 289 g/mol. The van der Waals surface area contributed by atoms with E-state index in [4.69, 9.17) is 4.74 Å². The Labute approximate surface area is 125 Å². The molecule has 2 aromatic rings. The van der Waals surface area contributed by atoms with E-state index in [2.05, 4.69) is 55.2 Å². The Morgan fingerprint density at radius 1 is 1.14 bits per heavy atom. The van der Waals surface area contributed by atoms with E-state index in [1.165, 1.54) is 5.56 Å². The van der Waals surface area contributed by atoms with Crippen LogP contribution in [0.4, 0.5) is 0 Å². The minimum Gasteiger partial charge on any atom is -0.388 e. The van der Waals surface area contributed by atoms with Crippen LogP contribution >= 0.6 is 0 Å². The number of ether oxygens (including phenoxy) is 1. The number of rotatable bonds is 5. The lowest BCUT2D eigenvalue weighted by Gasteiger charge is -2.19. The van der Waals surface area contributed by atoms with Gasteiger partial charge in [0.15, 0.2) is 11.6 Å². The highest BCUT2D eigenvalue weighted by atomic mass is 16.5. The Hall–Kier alpha value is -1.72. The van der Waals surface area contributed by atoms with Crippen molar-refractivity contribution in [3.8, 4) is 11.4 Å². The highest BCUT2D eigenvalue weighted by Gasteiger charge is 2.16. The molecule has 1 aromatic heterocycles. The fourth-order valence-corrected chi connectivity index (χ4v) is 2.20. The molecule has 0 radical (unpaired) electrons. The first-order chi connectivity index (χ1) is 9.97. The summed E-state index contributed by atoms with van der Waals surface area (Å²) in [5.41, 5.74) is 2.39. The maximum Gasteiger partial charge on any atom is 0.164 e. The van der Waals surface area contributed by atoms with Crippen molar-refractivity contribution in [2.45, 2.75) is 39.3 Å². The normalized spacial score (nSPS) is 11.9. The summed E-state index contributed by atoms with van der Waals surface area (Å²) in [4.78, 5) is 0. The molecule has 0 aliphatic heterocycles. The molecular weight excluding hydrogens is 266 g/mol. The first-order valence-corrected chi connectivity index (χ1v) is 7.10. The van der Waals surface area contributed by atoms with Gasteiger partial charge in [0.05, 0.1) is 6.61 Å². The third-order valence-corrected chi connectivity index (χ3v) is 3.50. The van der Waals surface area contributed by atoms with Gasteiger partial charge in [-0.2, -0.15) is 0 Å². The molecule has 114 valence electrons. The molecule has 5 nitrogen and oxygen atoms in total. The van der Waals surface area contributed by atoms with Crippen LogP contribution in [0, 0.1) is 0 Å². The summed E-state index contributed by atoms with van der Waals surface area (Å²) >= 11 is 0. The van der Waals surface area contributed by atoms with Gasteiger partial charge in [0, 0.05) is 19.2 Å².